The molecular weight excluding hydrogens is 286 g/mol. The number of rotatable bonds is 4. The van der Waals surface area contributed by atoms with Crippen molar-refractivity contribution < 1.29 is 4.79 Å². The first-order chi connectivity index (χ1) is 9.97. The van der Waals surface area contributed by atoms with Gasteiger partial charge in [0.1, 0.15) is 11.4 Å². The van der Waals surface area contributed by atoms with Gasteiger partial charge in [0.15, 0.2) is 5.16 Å². The van der Waals surface area contributed by atoms with Crippen LogP contribution in [-0.2, 0) is 11.8 Å². The van der Waals surface area contributed by atoms with Crippen molar-refractivity contribution >= 4 is 17.7 Å². The van der Waals surface area contributed by atoms with E-state index >= 15 is 0 Å². The molecule has 114 valence electrons. The third-order valence-corrected chi connectivity index (χ3v) is 5.12. The second-order valence-electron chi connectivity index (χ2n) is 5.59. The molecule has 0 aromatic carbocycles. The van der Waals surface area contributed by atoms with Crippen molar-refractivity contribution in [2.75, 3.05) is 0 Å². The predicted molar refractivity (Wildman–Crippen MR) is 80.6 cm³/mol. The smallest absolute Gasteiger partial charge is 0.234 e. The minimum Gasteiger partial charge on any atom is -0.337 e. The van der Waals surface area contributed by atoms with Gasteiger partial charge in [0.2, 0.25) is 5.91 Å². The van der Waals surface area contributed by atoms with Crippen molar-refractivity contribution in [3.05, 3.63) is 5.82 Å². The standard InChI is InChI=1S/C14H21N5OS/c1-10(21-13-18-17-11(2)19(13)3)12(20)16-14(9-15)7-5-4-6-8-14/h10H,4-8H2,1-3H3,(H,16,20)/t10-/m0/s1. The number of carbonyl (C=O) groups excluding carboxylic acids is 1. The molecule has 0 unspecified atom stereocenters. The van der Waals surface area contributed by atoms with Crippen LogP contribution in [0.15, 0.2) is 5.16 Å². The molecule has 1 aromatic rings. The molecule has 1 N–H and O–H groups in total. The van der Waals surface area contributed by atoms with Gasteiger partial charge in [-0.1, -0.05) is 31.0 Å². The number of nitrogens with zero attached hydrogens (tertiary/aromatic N) is 4. The quantitative estimate of drug-likeness (QED) is 0.860. The van der Waals surface area contributed by atoms with Gasteiger partial charge in [0.05, 0.1) is 11.3 Å². The van der Waals surface area contributed by atoms with Gasteiger partial charge in [-0.2, -0.15) is 5.26 Å². The van der Waals surface area contributed by atoms with Crippen molar-refractivity contribution in [2.24, 2.45) is 7.05 Å². The van der Waals surface area contributed by atoms with Crippen LogP contribution in [-0.4, -0.2) is 31.5 Å². The lowest BCUT2D eigenvalue weighted by Gasteiger charge is -2.32. The molecule has 0 spiro atoms. The summed E-state index contributed by atoms with van der Waals surface area (Å²) in [6, 6.07) is 2.31. The van der Waals surface area contributed by atoms with Crippen molar-refractivity contribution in [3.8, 4) is 6.07 Å². The van der Waals surface area contributed by atoms with E-state index in [1.165, 1.54) is 11.8 Å². The Balaban J connectivity index is 1.99. The minimum atomic E-state index is -0.681. The predicted octanol–water partition coefficient (Wildman–Crippen LogP) is 1.95. The van der Waals surface area contributed by atoms with Gasteiger partial charge in [0, 0.05) is 7.05 Å². The SMILES string of the molecule is Cc1nnc(S[C@@H](C)C(=O)NC2(C#N)CCCCC2)n1C. The average Bonchev–Trinajstić information content (AvgIpc) is 2.80. The number of hydrogen-bond acceptors (Lipinski definition) is 5. The van der Waals surface area contributed by atoms with E-state index in [9.17, 15) is 10.1 Å². The molecule has 7 heteroatoms. The summed E-state index contributed by atoms with van der Waals surface area (Å²) in [4.78, 5) is 12.4. The fraction of sp³-hybridized carbons (Fsp3) is 0.714. The Kier molecular flexibility index (Phi) is 4.88. The first-order valence-corrected chi connectivity index (χ1v) is 8.11. The number of carbonyl (C=O) groups is 1. The minimum absolute atomic E-state index is 0.107. The second-order valence-corrected chi connectivity index (χ2v) is 6.90. The van der Waals surface area contributed by atoms with E-state index in [1.807, 2.05) is 25.5 Å². The number of aryl methyl sites for hydroxylation is 1. The van der Waals surface area contributed by atoms with Gasteiger partial charge < -0.3 is 9.88 Å². The summed E-state index contributed by atoms with van der Waals surface area (Å²) < 4.78 is 1.86. The van der Waals surface area contributed by atoms with Crippen LogP contribution in [0.5, 0.6) is 0 Å². The summed E-state index contributed by atoms with van der Waals surface area (Å²) in [5, 5.41) is 20.8. The second kappa shape index (κ2) is 6.48. The molecule has 0 radical (unpaired) electrons. The topological polar surface area (TPSA) is 83.6 Å². The number of aromatic nitrogens is 3. The van der Waals surface area contributed by atoms with E-state index < -0.39 is 5.54 Å². The lowest BCUT2D eigenvalue weighted by atomic mass is 9.83. The Morgan fingerprint density at radius 2 is 2.10 bits per heavy atom. The van der Waals surface area contributed by atoms with Gasteiger partial charge in [-0.05, 0) is 26.7 Å². The first kappa shape index (κ1) is 15.8. The van der Waals surface area contributed by atoms with Crippen LogP contribution in [0.2, 0.25) is 0 Å². The zero-order chi connectivity index (χ0) is 15.5. The van der Waals surface area contributed by atoms with Crippen LogP contribution >= 0.6 is 11.8 Å². The van der Waals surface area contributed by atoms with E-state index in [0.29, 0.717) is 5.16 Å². The number of nitrogens with one attached hydrogen (secondary N) is 1. The number of hydrogen-bond donors (Lipinski definition) is 1. The normalized spacial score (nSPS) is 18.8. The molecule has 1 aromatic heterocycles. The summed E-state index contributed by atoms with van der Waals surface area (Å²) >= 11 is 1.36. The maximum Gasteiger partial charge on any atom is 0.234 e. The Bertz CT molecular complexity index is 556. The molecule has 0 saturated heterocycles. The van der Waals surface area contributed by atoms with E-state index in [1.54, 1.807) is 0 Å². The van der Waals surface area contributed by atoms with Crippen LogP contribution in [0.4, 0.5) is 0 Å². The summed E-state index contributed by atoms with van der Waals surface area (Å²) in [6.07, 6.45) is 4.63. The molecule has 1 aliphatic carbocycles. The van der Waals surface area contributed by atoms with Crippen LogP contribution in [0.1, 0.15) is 44.9 Å². The first-order valence-electron chi connectivity index (χ1n) is 7.23. The van der Waals surface area contributed by atoms with Gasteiger partial charge in [-0.15, -0.1) is 10.2 Å². The Morgan fingerprint density at radius 1 is 1.43 bits per heavy atom. The number of thioether (sulfide) groups is 1. The zero-order valence-electron chi connectivity index (χ0n) is 12.7. The summed E-state index contributed by atoms with van der Waals surface area (Å²) in [7, 11) is 1.88. The maximum atomic E-state index is 12.4. The highest BCUT2D eigenvalue weighted by atomic mass is 32.2. The van der Waals surface area contributed by atoms with Gasteiger partial charge >= 0.3 is 0 Å². The lowest BCUT2D eigenvalue weighted by molar-refractivity contribution is -0.121. The molecule has 1 amide bonds. The molecular formula is C14H21N5OS. The highest BCUT2D eigenvalue weighted by Crippen LogP contribution is 2.29. The van der Waals surface area contributed by atoms with E-state index in [-0.39, 0.29) is 11.2 Å². The number of nitriles is 1. The fourth-order valence-corrected chi connectivity index (χ4v) is 3.32. The van der Waals surface area contributed by atoms with Crippen LogP contribution in [0, 0.1) is 18.3 Å². The summed E-state index contributed by atoms with van der Waals surface area (Å²) in [6.45, 7) is 3.70. The molecule has 1 fully saturated rings. The van der Waals surface area contributed by atoms with Gasteiger partial charge in [0.25, 0.3) is 0 Å². The van der Waals surface area contributed by atoms with E-state index in [2.05, 4.69) is 21.6 Å². The molecule has 0 aliphatic heterocycles. The van der Waals surface area contributed by atoms with Gasteiger partial charge in [-0.3, -0.25) is 4.79 Å². The monoisotopic (exact) mass is 307 g/mol. The highest BCUT2D eigenvalue weighted by Gasteiger charge is 2.35. The van der Waals surface area contributed by atoms with Crippen LogP contribution < -0.4 is 5.32 Å². The molecule has 1 aliphatic rings. The Labute approximate surface area is 129 Å². The maximum absolute atomic E-state index is 12.4. The van der Waals surface area contributed by atoms with Crippen molar-refractivity contribution in [1.29, 1.82) is 5.26 Å². The molecule has 2 rings (SSSR count). The largest absolute Gasteiger partial charge is 0.337 e. The highest BCUT2D eigenvalue weighted by molar-refractivity contribution is 8.00. The van der Waals surface area contributed by atoms with Crippen molar-refractivity contribution in [1.82, 2.24) is 20.1 Å². The molecule has 21 heavy (non-hydrogen) atoms. The average molecular weight is 307 g/mol. The molecule has 6 nitrogen and oxygen atoms in total. The Hall–Kier alpha value is -1.55. The fourth-order valence-electron chi connectivity index (χ4n) is 2.46. The summed E-state index contributed by atoms with van der Waals surface area (Å²) in [5.41, 5.74) is -0.681. The molecule has 0 bridgehead atoms. The Morgan fingerprint density at radius 3 is 2.62 bits per heavy atom. The van der Waals surface area contributed by atoms with Crippen LogP contribution in [0.25, 0.3) is 0 Å². The van der Waals surface area contributed by atoms with Crippen LogP contribution in [0.3, 0.4) is 0 Å². The molecule has 1 saturated carbocycles. The van der Waals surface area contributed by atoms with E-state index in [0.717, 1.165) is 37.9 Å². The van der Waals surface area contributed by atoms with Crippen molar-refractivity contribution in [2.45, 2.75) is 61.9 Å². The molecule has 1 heterocycles. The van der Waals surface area contributed by atoms with Gasteiger partial charge in [-0.25, -0.2) is 0 Å². The third kappa shape index (κ3) is 3.56. The van der Waals surface area contributed by atoms with E-state index in [4.69, 9.17) is 0 Å². The van der Waals surface area contributed by atoms with Crippen molar-refractivity contribution in [3.63, 3.8) is 0 Å². The number of amides is 1. The lowest BCUT2D eigenvalue weighted by Crippen LogP contribution is -2.50. The summed E-state index contributed by atoms with van der Waals surface area (Å²) in [5.74, 6) is 0.704. The molecule has 1 atom stereocenters. The zero-order valence-corrected chi connectivity index (χ0v) is 13.5. The third-order valence-electron chi connectivity index (χ3n) is 3.99.